The molecule has 0 radical (unpaired) electrons. The summed E-state index contributed by atoms with van der Waals surface area (Å²) in [5, 5.41) is 9.14. The number of phenols is 1. The van der Waals surface area contributed by atoms with Crippen LogP contribution in [0.3, 0.4) is 0 Å². The highest BCUT2D eigenvalue weighted by molar-refractivity contribution is 5.69. The van der Waals surface area contributed by atoms with Crippen LogP contribution in [0.4, 0.5) is 0 Å². The standard InChI is InChI=1S/C16H24O2.C12H18O/c1-11(2)16(5,6)12(3)14-7-9-15(10-8-14)18-13(4)17;1-9(12(2,3)4)10-5-7-11(13)8-6-10/h7-12H,1-6H3;5-9,13H,1-4H3. The normalized spacial score (nSPS) is 13.8. The SMILES string of the molecule is CC(=O)Oc1ccc(C(C)C(C)(C)C(C)C)cc1.CC(c1ccc(O)cc1)C(C)(C)C. The van der Waals surface area contributed by atoms with Crippen molar-refractivity contribution in [2.24, 2.45) is 16.7 Å². The van der Waals surface area contributed by atoms with Crippen LogP contribution in [0, 0.1) is 16.7 Å². The van der Waals surface area contributed by atoms with Gasteiger partial charge in [0.05, 0.1) is 0 Å². The van der Waals surface area contributed by atoms with Crippen LogP contribution < -0.4 is 4.74 Å². The molecule has 3 nitrogen and oxygen atoms in total. The Bertz CT molecular complexity index is 809. The molecule has 0 aliphatic rings. The Morgan fingerprint density at radius 3 is 1.58 bits per heavy atom. The molecule has 3 heteroatoms. The monoisotopic (exact) mass is 426 g/mol. The number of rotatable bonds is 5. The zero-order valence-corrected chi connectivity index (χ0v) is 21.1. The second-order valence-electron chi connectivity index (χ2n) is 10.5. The predicted molar refractivity (Wildman–Crippen MR) is 131 cm³/mol. The van der Waals surface area contributed by atoms with Crippen molar-refractivity contribution in [3.63, 3.8) is 0 Å². The molecule has 2 aromatic rings. The summed E-state index contributed by atoms with van der Waals surface area (Å²) >= 11 is 0. The van der Waals surface area contributed by atoms with Gasteiger partial charge in [0.1, 0.15) is 11.5 Å². The Hall–Kier alpha value is -2.29. The lowest BCUT2D eigenvalue weighted by molar-refractivity contribution is -0.131. The fraction of sp³-hybridized carbons (Fsp3) is 0.536. The molecule has 0 saturated heterocycles. The maximum Gasteiger partial charge on any atom is 0.308 e. The summed E-state index contributed by atoms with van der Waals surface area (Å²) in [5.74, 6) is 2.25. The van der Waals surface area contributed by atoms with Gasteiger partial charge in [0, 0.05) is 6.92 Å². The third-order valence-corrected chi connectivity index (χ3v) is 6.94. The molecule has 0 heterocycles. The first kappa shape index (κ1) is 26.7. The minimum Gasteiger partial charge on any atom is -0.508 e. The average Bonchev–Trinajstić information content (AvgIpc) is 2.67. The zero-order valence-electron chi connectivity index (χ0n) is 21.1. The van der Waals surface area contributed by atoms with E-state index in [1.807, 2.05) is 36.4 Å². The Morgan fingerprint density at radius 2 is 1.19 bits per heavy atom. The number of carbonyl (C=O) groups excluding carboxylic acids is 1. The molecule has 0 aliphatic heterocycles. The van der Waals surface area contributed by atoms with E-state index < -0.39 is 0 Å². The van der Waals surface area contributed by atoms with Crippen molar-refractivity contribution in [2.75, 3.05) is 0 Å². The lowest BCUT2D eigenvalue weighted by atomic mass is 9.69. The third kappa shape index (κ3) is 8.05. The number of ether oxygens (including phenoxy) is 1. The van der Waals surface area contributed by atoms with E-state index in [1.165, 1.54) is 18.1 Å². The Balaban J connectivity index is 0.000000327. The van der Waals surface area contributed by atoms with Crippen LogP contribution in [0.25, 0.3) is 0 Å². The lowest BCUT2D eigenvalue weighted by Gasteiger charge is -2.36. The number of esters is 1. The second kappa shape index (κ2) is 10.8. The first-order chi connectivity index (χ1) is 14.2. The van der Waals surface area contributed by atoms with Crippen LogP contribution in [0.2, 0.25) is 0 Å². The van der Waals surface area contributed by atoms with Gasteiger partial charge in [-0.1, -0.05) is 86.6 Å². The highest BCUT2D eigenvalue weighted by atomic mass is 16.5. The molecule has 0 amide bonds. The first-order valence-electron chi connectivity index (χ1n) is 11.2. The van der Waals surface area contributed by atoms with Gasteiger partial charge in [-0.15, -0.1) is 0 Å². The summed E-state index contributed by atoms with van der Waals surface area (Å²) in [6.07, 6.45) is 0. The minimum absolute atomic E-state index is 0.239. The van der Waals surface area contributed by atoms with Gasteiger partial charge < -0.3 is 9.84 Å². The average molecular weight is 427 g/mol. The Morgan fingerprint density at radius 1 is 0.774 bits per heavy atom. The molecule has 2 atom stereocenters. The largest absolute Gasteiger partial charge is 0.508 e. The number of phenolic OH excluding ortho intramolecular Hbond substituents is 1. The van der Waals surface area contributed by atoms with Gasteiger partial charge >= 0.3 is 5.97 Å². The van der Waals surface area contributed by atoms with Crippen molar-refractivity contribution >= 4 is 5.97 Å². The summed E-state index contributed by atoms with van der Waals surface area (Å²) in [4.78, 5) is 10.9. The quantitative estimate of drug-likeness (QED) is 0.390. The van der Waals surface area contributed by atoms with Crippen LogP contribution in [0.5, 0.6) is 11.5 Å². The van der Waals surface area contributed by atoms with E-state index in [0.29, 0.717) is 29.3 Å². The van der Waals surface area contributed by atoms with E-state index >= 15 is 0 Å². The number of aromatic hydroxyl groups is 1. The maximum atomic E-state index is 10.9. The van der Waals surface area contributed by atoms with E-state index in [-0.39, 0.29) is 16.8 Å². The third-order valence-electron chi connectivity index (χ3n) is 6.94. The van der Waals surface area contributed by atoms with Crippen LogP contribution in [0.15, 0.2) is 48.5 Å². The highest BCUT2D eigenvalue weighted by Crippen LogP contribution is 2.41. The van der Waals surface area contributed by atoms with E-state index in [1.54, 1.807) is 12.1 Å². The number of hydrogen-bond donors (Lipinski definition) is 1. The number of benzene rings is 2. The van der Waals surface area contributed by atoms with Gasteiger partial charge in [0.25, 0.3) is 0 Å². The van der Waals surface area contributed by atoms with E-state index in [2.05, 4.69) is 62.3 Å². The van der Waals surface area contributed by atoms with Gasteiger partial charge in [-0.05, 0) is 64.0 Å². The predicted octanol–water partition coefficient (Wildman–Crippen LogP) is 7.94. The molecular weight excluding hydrogens is 384 g/mol. The second-order valence-corrected chi connectivity index (χ2v) is 10.5. The fourth-order valence-corrected chi connectivity index (χ4v) is 3.18. The first-order valence-corrected chi connectivity index (χ1v) is 11.2. The molecule has 31 heavy (non-hydrogen) atoms. The van der Waals surface area contributed by atoms with Crippen molar-refractivity contribution in [1.82, 2.24) is 0 Å². The van der Waals surface area contributed by atoms with Gasteiger partial charge in [-0.25, -0.2) is 0 Å². The van der Waals surface area contributed by atoms with Gasteiger partial charge in [-0.2, -0.15) is 0 Å². The van der Waals surface area contributed by atoms with Gasteiger partial charge in [0.15, 0.2) is 0 Å². The van der Waals surface area contributed by atoms with Crippen LogP contribution >= 0.6 is 0 Å². The van der Waals surface area contributed by atoms with E-state index in [9.17, 15) is 4.79 Å². The molecule has 0 saturated carbocycles. The van der Waals surface area contributed by atoms with E-state index in [4.69, 9.17) is 9.84 Å². The molecule has 2 unspecified atom stereocenters. The van der Waals surface area contributed by atoms with Crippen molar-refractivity contribution in [1.29, 1.82) is 0 Å². The summed E-state index contributed by atoms with van der Waals surface area (Å²) in [6.45, 7) is 21.7. The molecule has 172 valence electrons. The lowest BCUT2D eigenvalue weighted by Crippen LogP contribution is -2.26. The molecule has 0 fully saturated rings. The summed E-state index contributed by atoms with van der Waals surface area (Å²) in [7, 11) is 0. The van der Waals surface area contributed by atoms with Crippen molar-refractivity contribution < 1.29 is 14.6 Å². The molecule has 0 aromatic heterocycles. The van der Waals surface area contributed by atoms with Gasteiger partial charge in [0.2, 0.25) is 0 Å². The molecular formula is C28H42O3. The fourth-order valence-electron chi connectivity index (χ4n) is 3.18. The van der Waals surface area contributed by atoms with Crippen LogP contribution in [-0.4, -0.2) is 11.1 Å². The number of hydrogen-bond acceptors (Lipinski definition) is 3. The van der Waals surface area contributed by atoms with Crippen molar-refractivity contribution in [3.05, 3.63) is 59.7 Å². The number of carbonyl (C=O) groups is 1. The Labute approximate surface area is 189 Å². The minimum atomic E-state index is -0.279. The summed E-state index contributed by atoms with van der Waals surface area (Å²) < 4.78 is 5.04. The summed E-state index contributed by atoms with van der Waals surface area (Å²) in [6, 6.07) is 15.3. The molecule has 2 rings (SSSR count). The molecule has 0 aliphatic carbocycles. The summed E-state index contributed by atoms with van der Waals surface area (Å²) in [5.41, 5.74) is 3.08. The molecule has 0 spiro atoms. The smallest absolute Gasteiger partial charge is 0.308 e. The van der Waals surface area contributed by atoms with Crippen molar-refractivity contribution in [2.45, 2.75) is 81.1 Å². The molecule has 0 bridgehead atoms. The zero-order chi connectivity index (χ0) is 24.0. The topological polar surface area (TPSA) is 46.5 Å². The highest BCUT2D eigenvalue weighted by Gasteiger charge is 2.30. The van der Waals surface area contributed by atoms with Gasteiger partial charge in [-0.3, -0.25) is 4.79 Å². The van der Waals surface area contributed by atoms with Crippen LogP contribution in [-0.2, 0) is 4.79 Å². The van der Waals surface area contributed by atoms with Crippen LogP contribution in [0.1, 0.15) is 92.2 Å². The van der Waals surface area contributed by atoms with E-state index in [0.717, 1.165) is 0 Å². The Kier molecular flexibility index (Phi) is 9.35. The maximum absolute atomic E-state index is 10.9. The van der Waals surface area contributed by atoms with Crippen molar-refractivity contribution in [3.8, 4) is 11.5 Å². The molecule has 1 N–H and O–H groups in total. The molecule has 2 aromatic carbocycles.